The monoisotopic (exact) mass is 678 g/mol. The third-order valence-electron chi connectivity index (χ3n) is 11.8. The first-order valence-electron chi connectivity index (χ1n) is 18.3. The highest BCUT2D eigenvalue weighted by molar-refractivity contribution is 6.13. The van der Waals surface area contributed by atoms with E-state index >= 15 is 0 Å². The van der Waals surface area contributed by atoms with Crippen LogP contribution in [0.2, 0.25) is 0 Å². The van der Waals surface area contributed by atoms with Crippen molar-refractivity contribution in [3.05, 3.63) is 203 Å². The van der Waals surface area contributed by atoms with Crippen molar-refractivity contribution >= 4 is 21.9 Å². The minimum absolute atomic E-state index is 0.272. The van der Waals surface area contributed by atoms with Gasteiger partial charge in [-0.3, -0.25) is 0 Å². The second kappa shape index (κ2) is 11.0. The lowest BCUT2D eigenvalue weighted by molar-refractivity contribution is 0.562. The van der Waals surface area contributed by atoms with Gasteiger partial charge >= 0.3 is 0 Å². The molecule has 0 unspecified atom stereocenters. The molecule has 0 amide bonds. The first-order chi connectivity index (χ1) is 26.0. The molecule has 0 atom stereocenters. The molecule has 2 aliphatic rings. The summed E-state index contributed by atoms with van der Waals surface area (Å²) in [6.07, 6.45) is 0. The molecule has 3 nitrogen and oxygen atoms in total. The molecule has 2 heterocycles. The Bertz CT molecular complexity index is 2820. The van der Waals surface area contributed by atoms with Gasteiger partial charge in [0.15, 0.2) is 5.82 Å². The van der Waals surface area contributed by atoms with Crippen molar-refractivity contribution in [1.82, 2.24) is 9.97 Å². The van der Waals surface area contributed by atoms with Gasteiger partial charge in [0.2, 0.25) is 0 Å². The number of hydrogen-bond donors (Lipinski definition) is 0. The normalized spacial score (nSPS) is 14.5. The van der Waals surface area contributed by atoms with Crippen LogP contribution in [0.1, 0.15) is 47.2 Å². The van der Waals surface area contributed by atoms with Gasteiger partial charge in [-0.2, -0.15) is 0 Å². The van der Waals surface area contributed by atoms with E-state index in [-0.39, 0.29) is 5.41 Å². The van der Waals surface area contributed by atoms with Crippen LogP contribution in [0.4, 0.5) is 0 Å². The van der Waals surface area contributed by atoms with Gasteiger partial charge in [-0.15, -0.1) is 0 Å². The molecule has 11 rings (SSSR count). The van der Waals surface area contributed by atoms with Crippen LogP contribution in [0.3, 0.4) is 0 Å². The molecule has 53 heavy (non-hydrogen) atoms. The van der Waals surface area contributed by atoms with Crippen molar-refractivity contribution in [2.45, 2.75) is 24.7 Å². The van der Waals surface area contributed by atoms with Gasteiger partial charge in [0.05, 0.1) is 16.8 Å². The molecular formula is C50H34N2O. The highest BCUT2D eigenvalue weighted by atomic mass is 16.3. The fraction of sp³-hybridized carbons (Fsp3) is 0.0800. The van der Waals surface area contributed by atoms with E-state index in [4.69, 9.17) is 14.4 Å². The van der Waals surface area contributed by atoms with Crippen molar-refractivity contribution < 1.29 is 4.42 Å². The van der Waals surface area contributed by atoms with Crippen molar-refractivity contribution in [2.75, 3.05) is 0 Å². The maximum absolute atomic E-state index is 6.90. The van der Waals surface area contributed by atoms with Gasteiger partial charge in [-0.25, -0.2) is 9.97 Å². The van der Waals surface area contributed by atoms with Crippen molar-refractivity contribution in [3.63, 3.8) is 0 Å². The maximum atomic E-state index is 6.90. The van der Waals surface area contributed by atoms with Gasteiger partial charge in [0, 0.05) is 32.9 Å². The van der Waals surface area contributed by atoms with E-state index in [1.165, 1.54) is 44.5 Å². The number of hydrogen-bond acceptors (Lipinski definition) is 3. The molecule has 0 N–H and O–H groups in total. The van der Waals surface area contributed by atoms with E-state index in [1.54, 1.807) is 0 Å². The third-order valence-corrected chi connectivity index (χ3v) is 11.8. The molecule has 0 bridgehead atoms. The zero-order chi connectivity index (χ0) is 35.3. The summed E-state index contributed by atoms with van der Waals surface area (Å²) in [7, 11) is 0. The summed E-state index contributed by atoms with van der Waals surface area (Å²) in [6.45, 7) is 4.75. The zero-order valence-corrected chi connectivity index (χ0v) is 29.5. The van der Waals surface area contributed by atoms with Gasteiger partial charge < -0.3 is 4.42 Å². The summed E-state index contributed by atoms with van der Waals surface area (Å²) in [5.41, 5.74) is 16.3. The van der Waals surface area contributed by atoms with Crippen LogP contribution < -0.4 is 0 Å². The van der Waals surface area contributed by atoms with Crippen LogP contribution in [-0.4, -0.2) is 9.97 Å². The maximum Gasteiger partial charge on any atom is 0.160 e. The van der Waals surface area contributed by atoms with E-state index < -0.39 is 5.41 Å². The molecular weight excluding hydrogens is 645 g/mol. The Labute approximate surface area is 308 Å². The number of furan rings is 1. The largest absolute Gasteiger partial charge is 0.456 e. The predicted octanol–water partition coefficient (Wildman–Crippen LogP) is 12.4. The lowest BCUT2D eigenvalue weighted by atomic mass is 9.55. The second-order valence-corrected chi connectivity index (χ2v) is 14.9. The van der Waals surface area contributed by atoms with Crippen molar-refractivity contribution in [1.29, 1.82) is 0 Å². The molecule has 250 valence electrons. The van der Waals surface area contributed by atoms with E-state index in [9.17, 15) is 0 Å². The van der Waals surface area contributed by atoms with E-state index in [2.05, 4.69) is 159 Å². The number of fused-ring (bicyclic) bond motifs is 12. The Kier molecular flexibility index (Phi) is 6.22. The Balaban J connectivity index is 1.22. The number of nitrogens with zero attached hydrogens (tertiary/aromatic N) is 2. The van der Waals surface area contributed by atoms with Crippen LogP contribution in [0.5, 0.6) is 0 Å². The van der Waals surface area contributed by atoms with E-state index in [0.29, 0.717) is 5.82 Å². The third kappa shape index (κ3) is 4.11. The molecule has 0 aliphatic heterocycles. The molecule has 0 radical (unpaired) electrons. The first kappa shape index (κ1) is 30.1. The molecule has 9 aromatic rings. The quantitative estimate of drug-likeness (QED) is 0.187. The minimum Gasteiger partial charge on any atom is -0.456 e. The molecule has 0 saturated heterocycles. The predicted molar refractivity (Wildman–Crippen MR) is 215 cm³/mol. The summed E-state index contributed by atoms with van der Waals surface area (Å²) < 4.78 is 6.90. The second-order valence-electron chi connectivity index (χ2n) is 14.9. The minimum atomic E-state index is -0.480. The standard InChI is InChI=1S/C50H34N2O/c1-49(2)39-25-13-14-26-40(39)50(37-23-11-9-20-33(37)34-21-10-12-24-38(34)50)42-29-46-36(28-41(42)49)47-35(22-15-27-45(47)53-46)44-30-43(31-16-5-3-6-17-31)51-48(52-44)32-18-7-4-8-19-32/h3-30H,1-2H3. The smallest absolute Gasteiger partial charge is 0.160 e. The van der Waals surface area contributed by atoms with Crippen LogP contribution in [0.15, 0.2) is 174 Å². The zero-order valence-electron chi connectivity index (χ0n) is 29.5. The van der Waals surface area contributed by atoms with E-state index in [1.807, 2.05) is 24.3 Å². The Hall–Kier alpha value is -6.58. The van der Waals surface area contributed by atoms with Crippen molar-refractivity contribution in [2.24, 2.45) is 0 Å². The van der Waals surface area contributed by atoms with Gasteiger partial charge in [0.1, 0.15) is 11.2 Å². The average molecular weight is 679 g/mol. The molecule has 2 aliphatic carbocycles. The summed E-state index contributed by atoms with van der Waals surface area (Å²) >= 11 is 0. The lowest BCUT2D eigenvalue weighted by Crippen LogP contribution is -2.40. The number of aromatic nitrogens is 2. The molecule has 3 heteroatoms. The Morgan fingerprint density at radius 2 is 0.981 bits per heavy atom. The topological polar surface area (TPSA) is 38.9 Å². The highest BCUT2D eigenvalue weighted by Crippen LogP contribution is 2.62. The van der Waals surface area contributed by atoms with Crippen molar-refractivity contribution in [3.8, 4) is 45.0 Å². The van der Waals surface area contributed by atoms with Crippen LogP contribution >= 0.6 is 0 Å². The van der Waals surface area contributed by atoms with Gasteiger partial charge in [-0.05, 0) is 68.8 Å². The Morgan fingerprint density at radius 3 is 1.68 bits per heavy atom. The fourth-order valence-electron chi connectivity index (χ4n) is 9.43. The van der Waals surface area contributed by atoms with Crippen LogP contribution in [-0.2, 0) is 10.8 Å². The highest BCUT2D eigenvalue weighted by Gasteiger charge is 2.53. The lowest BCUT2D eigenvalue weighted by Gasteiger charge is -2.46. The number of rotatable bonds is 3. The SMILES string of the molecule is CC1(C)c2ccccc2C2(c3ccccc3-c3ccccc32)c2cc3oc4cccc(-c5cc(-c6ccccc6)nc(-c6ccccc6)n5)c4c3cc21. The molecule has 2 aromatic heterocycles. The van der Waals surface area contributed by atoms with E-state index in [0.717, 1.165) is 50.0 Å². The summed E-state index contributed by atoms with van der Waals surface area (Å²) in [5, 5.41) is 2.16. The van der Waals surface area contributed by atoms with Gasteiger partial charge in [0.25, 0.3) is 0 Å². The molecule has 0 saturated carbocycles. The Morgan fingerprint density at radius 1 is 0.415 bits per heavy atom. The summed E-state index contributed by atoms with van der Waals surface area (Å²) in [6, 6.07) is 60.9. The van der Waals surface area contributed by atoms with Gasteiger partial charge in [-0.1, -0.05) is 159 Å². The average Bonchev–Trinajstić information content (AvgIpc) is 3.74. The summed E-state index contributed by atoms with van der Waals surface area (Å²) in [5.74, 6) is 0.697. The molecule has 1 spiro atoms. The first-order valence-corrected chi connectivity index (χ1v) is 18.3. The molecule has 7 aromatic carbocycles. The van der Waals surface area contributed by atoms with Crippen LogP contribution in [0.25, 0.3) is 67.0 Å². The van der Waals surface area contributed by atoms with Crippen LogP contribution in [0, 0.1) is 0 Å². The fourth-order valence-corrected chi connectivity index (χ4v) is 9.43. The molecule has 0 fully saturated rings. The number of benzene rings is 7. The summed E-state index contributed by atoms with van der Waals surface area (Å²) in [4.78, 5) is 10.3.